The number of carbonyl (C=O) groups is 1. The molecule has 0 bridgehead atoms. The maximum Gasteiger partial charge on any atom is 0.413 e. The number of hydrogen-bond donors (Lipinski definition) is 1. The lowest BCUT2D eigenvalue weighted by molar-refractivity contribution is 0.156. The van der Waals surface area contributed by atoms with Gasteiger partial charge in [-0.15, -0.1) is 0 Å². The fraction of sp³-hybridized carbons (Fsp3) is 0.385. The molecule has 0 saturated heterocycles. The second-order valence-electron chi connectivity index (χ2n) is 4.27. The topological polar surface area (TPSA) is 53.9 Å². The summed E-state index contributed by atoms with van der Waals surface area (Å²) < 4.78 is 6.89. The Kier molecular flexibility index (Phi) is 5.04. The molecule has 0 spiro atoms. The second kappa shape index (κ2) is 6.58. The number of nitrogens with one attached hydrogen (secondary N) is 1. The van der Waals surface area contributed by atoms with Crippen LogP contribution in [0.4, 0.5) is 4.79 Å². The molecule has 0 fully saturated rings. The number of rotatable bonds is 2. The van der Waals surface area contributed by atoms with Crippen LogP contribution in [-0.2, 0) is 4.74 Å². The van der Waals surface area contributed by atoms with E-state index >= 15 is 0 Å². The number of aliphatic imine (C=N–C) groups is 1. The van der Waals surface area contributed by atoms with E-state index in [1.165, 1.54) is 0 Å². The highest BCUT2D eigenvalue weighted by molar-refractivity contribution is 9.11. The Labute approximate surface area is 134 Å². The van der Waals surface area contributed by atoms with Crippen molar-refractivity contribution >= 4 is 43.9 Å². The van der Waals surface area contributed by atoms with Crippen molar-refractivity contribution in [3.05, 3.63) is 32.7 Å². The van der Waals surface area contributed by atoms with Crippen molar-refractivity contribution in [3.8, 4) is 0 Å². The van der Waals surface area contributed by atoms with E-state index in [-0.39, 0.29) is 6.04 Å². The normalized spacial score (nSPS) is 17.9. The summed E-state index contributed by atoms with van der Waals surface area (Å²) in [5, 5.41) is 2.65. The molecule has 1 heterocycles. The molecule has 108 valence electrons. The number of hydrogen-bond acceptors (Lipinski definition) is 4. The molecule has 20 heavy (non-hydrogen) atoms. The first kappa shape index (κ1) is 15.3. The third-order valence-corrected chi connectivity index (χ3v) is 4.42. The van der Waals surface area contributed by atoms with Crippen LogP contribution in [-0.4, -0.2) is 37.2 Å². The molecule has 0 saturated carbocycles. The fourth-order valence-electron chi connectivity index (χ4n) is 2.05. The summed E-state index contributed by atoms with van der Waals surface area (Å²) in [6, 6.07) is 6.01. The molecule has 1 unspecified atom stereocenters. The zero-order chi connectivity index (χ0) is 14.7. The smallest absolute Gasteiger partial charge is 0.413 e. The van der Waals surface area contributed by atoms with E-state index in [2.05, 4.69) is 42.2 Å². The van der Waals surface area contributed by atoms with Crippen LogP contribution in [0.2, 0.25) is 0 Å². The van der Waals surface area contributed by atoms with E-state index in [4.69, 9.17) is 4.74 Å². The van der Waals surface area contributed by atoms with Crippen molar-refractivity contribution in [1.82, 2.24) is 10.2 Å². The molecule has 1 aliphatic rings. The van der Waals surface area contributed by atoms with Gasteiger partial charge in [0.2, 0.25) is 5.96 Å². The van der Waals surface area contributed by atoms with Gasteiger partial charge in [-0.25, -0.2) is 4.79 Å². The summed E-state index contributed by atoms with van der Waals surface area (Å²) in [5.41, 5.74) is 1.11. The number of benzene rings is 1. The molecule has 0 aliphatic carbocycles. The Balaban J connectivity index is 2.14. The number of nitrogens with zero attached hydrogens (tertiary/aromatic N) is 2. The van der Waals surface area contributed by atoms with Crippen molar-refractivity contribution in [2.75, 3.05) is 20.2 Å². The first-order valence-corrected chi connectivity index (χ1v) is 7.78. The molecular weight excluding hydrogens is 390 g/mol. The summed E-state index contributed by atoms with van der Waals surface area (Å²) in [7, 11) is 1.90. The van der Waals surface area contributed by atoms with Crippen molar-refractivity contribution < 1.29 is 9.53 Å². The van der Waals surface area contributed by atoms with Gasteiger partial charge in [-0.3, -0.25) is 10.3 Å². The number of alkyl carbamates (subject to hydrolysis) is 1. The van der Waals surface area contributed by atoms with Crippen LogP contribution in [0, 0.1) is 0 Å². The molecule has 0 radical (unpaired) electrons. The van der Waals surface area contributed by atoms with Gasteiger partial charge in [0.15, 0.2) is 0 Å². The van der Waals surface area contributed by atoms with Crippen LogP contribution in [0.3, 0.4) is 0 Å². The highest BCUT2D eigenvalue weighted by Crippen LogP contribution is 2.35. The van der Waals surface area contributed by atoms with Gasteiger partial charge in [-0.05, 0) is 19.1 Å². The van der Waals surface area contributed by atoms with Crippen LogP contribution in [0.5, 0.6) is 0 Å². The van der Waals surface area contributed by atoms with Gasteiger partial charge in [0.25, 0.3) is 0 Å². The van der Waals surface area contributed by atoms with Gasteiger partial charge in [0.05, 0.1) is 19.2 Å². The molecule has 1 atom stereocenters. The lowest BCUT2D eigenvalue weighted by atomic mass is 10.1. The number of halogens is 2. The first-order valence-electron chi connectivity index (χ1n) is 6.19. The maximum atomic E-state index is 11.5. The average molecular weight is 405 g/mol. The molecular formula is C13H15Br2N3O2. The van der Waals surface area contributed by atoms with Gasteiger partial charge in [0, 0.05) is 21.6 Å². The predicted octanol–water partition coefficient (Wildman–Crippen LogP) is 3.30. The zero-order valence-corrected chi connectivity index (χ0v) is 14.4. The molecule has 1 aromatic carbocycles. The van der Waals surface area contributed by atoms with E-state index < -0.39 is 6.09 Å². The van der Waals surface area contributed by atoms with Crippen molar-refractivity contribution in [2.24, 2.45) is 4.99 Å². The first-order chi connectivity index (χ1) is 9.54. The Morgan fingerprint density at radius 1 is 1.50 bits per heavy atom. The fourth-order valence-corrected chi connectivity index (χ4v) is 3.58. The number of ether oxygens (including phenoxy) is 1. The van der Waals surface area contributed by atoms with Crippen molar-refractivity contribution in [3.63, 3.8) is 0 Å². The van der Waals surface area contributed by atoms with Crippen LogP contribution in [0.25, 0.3) is 0 Å². The largest absolute Gasteiger partial charge is 0.450 e. The molecule has 5 nitrogen and oxygen atoms in total. The van der Waals surface area contributed by atoms with Gasteiger partial charge in [0.1, 0.15) is 0 Å². The Morgan fingerprint density at radius 2 is 2.15 bits per heavy atom. The summed E-state index contributed by atoms with van der Waals surface area (Å²) >= 11 is 7.12. The Morgan fingerprint density at radius 3 is 2.75 bits per heavy atom. The predicted molar refractivity (Wildman–Crippen MR) is 84.8 cm³/mol. The monoisotopic (exact) mass is 403 g/mol. The maximum absolute atomic E-state index is 11.5. The van der Waals surface area contributed by atoms with E-state index in [0.29, 0.717) is 19.1 Å². The number of amides is 1. The van der Waals surface area contributed by atoms with Crippen molar-refractivity contribution in [1.29, 1.82) is 0 Å². The zero-order valence-electron chi connectivity index (χ0n) is 11.2. The van der Waals surface area contributed by atoms with E-state index in [1.807, 2.05) is 30.1 Å². The van der Waals surface area contributed by atoms with Crippen LogP contribution in [0.15, 0.2) is 32.1 Å². The Hall–Kier alpha value is -1.08. The summed E-state index contributed by atoms with van der Waals surface area (Å²) in [4.78, 5) is 17.8. The minimum absolute atomic E-state index is 0.0666. The van der Waals surface area contributed by atoms with Crippen molar-refractivity contribution in [2.45, 2.75) is 13.0 Å². The molecule has 2 rings (SSSR count). The van der Waals surface area contributed by atoms with Crippen LogP contribution in [0.1, 0.15) is 18.5 Å². The highest BCUT2D eigenvalue weighted by Gasteiger charge is 2.29. The molecule has 0 aromatic heterocycles. The van der Waals surface area contributed by atoms with Gasteiger partial charge in [-0.1, -0.05) is 37.9 Å². The third kappa shape index (κ3) is 3.15. The SMILES string of the molecule is CCOC(=O)NC1=NCC(c2c(Br)cccc2Br)N1C. The lowest BCUT2D eigenvalue weighted by Crippen LogP contribution is -2.40. The van der Waals surface area contributed by atoms with Gasteiger partial charge in [-0.2, -0.15) is 0 Å². The van der Waals surface area contributed by atoms with E-state index in [9.17, 15) is 4.79 Å². The number of guanidine groups is 1. The van der Waals surface area contributed by atoms with Crippen LogP contribution < -0.4 is 5.32 Å². The second-order valence-corrected chi connectivity index (χ2v) is 5.98. The quantitative estimate of drug-likeness (QED) is 0.822. The third-order valence-electron chi connectivity index (χ3n) is 3.04. The minimum Gasteiger partial charge on any atom is -0.450 e. The molecule has 1 aromatic rings. The number of likely N-dealkylation sites (N-methyl/N-ethyl adjacent to an activating group) is 1. The minimum atomic E-state index is -0.482. The van der Waals surface area contributed by atoms with E-state index in [0.717, 1.165) is 14.5 Å². The molecule has 1 N–H and O–H groups in total. The van der Waals surface area contributed by atoms with E-state index in [1.54, 1.807) is 6.92 Å². The average Bonchev–Trinajstić information content (AvgIpc) is 2.72. The molecule has 1 aliphatic heterocycles. The van der Waals surface area contributed by atoms with Crippen LogP contribution >= 0.6 is 31.9 Å². The lowest BCUT2D eigenvalue weighted by Gasteiger charge is -2.25. The number of carbonyl (C=O) groups excluding carboxylic acids is 1. The highest BCUT2D eigenvalue weighted by atomic mass is 79.9. The Bertz CT molecular complexity index is 528. The summed E-state index contributed by atoms with van der Waals surface area (Å²) in [5.74, 6) is 0.524. The molecule has 1 amide bonds. The standard InChI is InChI=1S/C13H15Br2N3O2/c1-3-20-13(19)17-12-16-7-10(18(12)2)11-8(14)5-4-6-9(11)15/h4-6,10H,3,7H2,1-2H3,(H,16,17,19). The van der Waals surface area contributed by atoms with Gasteiger partial charge >= 0.3 is 6.09 Å². The molecule has 7 heteroatoms. The van der Waals surface area contributed by atoms with Gasteiger partial charge < -0.3 is 9.64 Å². The summed E-state index contributed by atoms with van der Waals surface area (Å²) in [6.45, 7) is 2.68. The summed E-state index contributed by atoms with van der Waals surface area (Å²) in [6.07, 6.45) is -0.482.